The van der Waals surface area contributed by atoms with Crippen LogP contribution in [-0.2, 0) is 6.54 Å². The summed E-state index contributed by atoms with van der Waals surface area (Å²) in [6.45, 7) is 0.619. The molecule has 0 aliphatic carbocycles. The highest BCUT2D eigenvalue weighted by Gasteiger charge is 2.31. The SMILES string of the molecule is CN(C)c1ccc(CNc2nn3cc(-c4cccc(OC(F)(F)F)c4)nc3s2)cc1. The third-order valence-electron chi connectivity index (χ3n) is 4.30. The van der Waals surface area contributed by atoms with Crippen molar-refractivity contribution in [1.82, 2.24) is 14.6 Å². The minimum Gasteiger partial charge on any atom is -0.406 e. The van der Waals surface area contributed by atoms with Crippen LogP contribution < -0.4 is 15.0 Å². The van der Waals surface area contributed by atoms with Crippen LogP contribution in [0.2, 0.25) is 0 Å². The molecule has 2 aromatic heterocycles. The number of halogens is 3. The second-order valence-electron chi connectivity index (χ2n) is 6.75. The highest BCUT2D eigenvalue weighted by molar-refractivity contribution is 7.20. The van der Waals surface area contributed by atoms with Gasteiger partial charge in [-0.3, -0.25) is 0 Å². The second kappa shape index (κ2) is 7.86. The zero-order chi connectivity index (χ0) is 21.3. The van der Waals surface area contributed by atoms with Crippen molar-refractivity contribution >= 4 is 27.1 Å². The first-order valence-electron chi connectivity index (χ1n) is 8.99. The fourth-order valence-electron chi connectivity index (χ4n) is 2.85. The first-order chi connectivity index (χ1) is 14.3. The first kappa shape index (κ1) is 20.0. The number of anilines is 2. The number of hydrogen-bond donors (Lipinski definition) is 1. The smallest absolute Gasteiger partial charge is 0.406 e. The van der Waals surface area contributed by atoms with Gasteiger partial charge in [-0.25, -0.2) is 9.50 Å². The molecule has 4 aromatic rings. The van der Waals surface area contributed by atoms with E-state index in [2.05, 4.69) is 44.4 Å². The quantitative estimate of drug-likeness (QED) is 0.462. The number of alkyl halides is 3. The second-order valence-corrected chi connectivity index (χ2v) is 7.71. The number of ether oxygens (including phenoxy) is 1. The Morgan fingerprint density at radius 1 is 1.13 bits per heavy atom. The molecular weight excluding hydrogens is 415 g/mol. The Balaban J connectivity index is 1.46. The zero-order valence-corrected chi connectivity index (χ0v) is 17.0. The van der Waals surface area contributed by atoms with Crippen molar-refractivity contribution in [1.29, 1.82) is 0 Å². The standard InChI is InChI=1S/C20H18F3N5OS/c1-27(2)15-8-6-13(7-9-15)11-24-18-26-28-12-17(25-19(28)30-18)14-4-3-5-16(10-14)29-20(21,22)23/h3-10,12H,11H2,1-2H3,(H,24,26). The molecule has 0 fully saturated rings. The van der Waals surface area contributed by atoms with Gasteiger partial charge >= 0.3 is 6.36 Å². The van der Waals surface area contributed by atoms with Crippen LogP contribution in [0.1, 0.15) is 5.56 Å². The molecule has 0 unspecified atom stereocenters. The summed E-state index contributed by atoms with van der Waals surface area (Å²) >= 11 is 1.36. The van der Waals surface area contributed by atoms with E-state index >= 15 is 0 Å². The zero-order valence-electron chi connectivity index (χ0n) is 16.1. The van der Waals surface area contributed by atoms with E-state index in [0.717, 1.165) is 11.3 Å². The Hall–Kier alpha value is -3.27. The average molecular weight is 433 g/mol. The molecule has 0 aliphatic heterocycles. The van der Waals surface area contributed by atoms with Crippen LogP contribution in [0.3, 0.4) is 0 Å². The lowest BCUT2D eigenvalue weighted by Gasteiger charge is -2.12. The highest BCUT2D eigenvalue weighted by Crippen LogP contribution is 2.29. The third-order valence-corrected chi connectivity index (χ3v) is 5.18. The molecule has 0 aliphatic rings. The van der Waals surface area contributed by atoms with E-state index in [-0.39, 0.29) is 5.75 Å². The molecule has 2 aromatic carbocycles. The summed E-state index contributed by atoms with van der Waals surface area (Å²) in [4.78, 5) is 7.14. The Morgan fingerprint density at radius 2 is 1.90 bits per heavy atom. The van der Waals surface area contributed by atoms with Gasteiger partial charge < -0.3 is 15.0 Å². The van der Waals surface area contributed by atoms with Crippen LogP contribution in [0.15, 0.2) is 54.7 Å². The summed E-state index contributed by atoms with van der Waals surface area (Å²) < 4.78 is 42.9. The number of nitrogens with zero attached hydrogens (tertiary/aromatic N) is 4. The predicted octanol–water partition coefficient (Wildman–Crippen LogP) is 5.03. The number of hydrogen-bond acceptors (Lipinski definition) is 6. The average Bonchev–Trinajstić information content (AvgIpc) is 3.24. The van der Waals surface area contributed by atoms with Crippen molar-refractivity contribution in [3.05, 3.63) is 60.3 Å². The van der Waals surface area contributed by atoms with Gasteiger partial charge in [0.05, 0.1) is 11.9 Å². The fourth-order valence-corrected chi connectivity index (χ4v) is 3.63. The molecule has 0 amide bonds. The number of fused-ring (bicyclic) bond motifs is 1. The van der Waals surface area contributed by atoms with E-state index in [4.69, 9.17) is 0 Å². The summed E-state index contributed by atoms with van der Waals surface area (Å²) in [5, 5.41) is 8.41. The highest BCUT2D eigenvalue weighted by atomic mass is 32.1. The molecule has 0 spiro atoms. The molecule has 0 bridgehead atoms. The molecule has 30 heavy (non-hydrogen) atoms. The van der Waals surface area contributed by atoms with Gasteiger partial charge in [0.15, 0.2) is 0 Å². The topological polar surface area (TPSA) is 54.7 Å². The van der Waals surface area contributed by atoms with Gasteiger partial charge in [0.1, 0.15) is 5.75 Å². The number of imidazole rings is 1. The van der Waals surface area contributed by atoms with E-state index in [1.54, 1.807) is 16.8 Å². The Labute approximate surface area is 174 Å². The van der Waals surface area contributed by atoms with Crippen LogP contribution in [0.5, 0.6) is 5.75 Å². The molecule has 0 saturated carbocycles. The fraction of sp³-hybridized carbons (Fsp3) is 0.200. The van der Waals surface area contributed by atoms with E-state index < -0.39 is 6.36 Å². The van der Waals surface area contributed by atoms with Crippen molar-refractivity contribution in [2.45, 2.75) is 12.9 Å². The Kier molecular flexibility index (Phi) is 5.25. The molecule has 10 heteroatoms. The number of aromatic nitrogens is 3. The van der Waals surface area contributed by atoms with Crippen LogP contribution in [0, 0.1) is 0 Å². The molecular formula is C20H18F3N5OS. The van der Waals surface area contributed by atoms with Gasteiger partial charge in [0, 0.05) is 31.9 Å². The van der Waals surface area contributed by atoms with Gasteiger partial charge in [0.25, 0.3) is 0 Å². The Bertz CT molecular complexity index is 1120. The van der Waals surface area contributed by atoms with Crippen molar-refractivity contribution in [3.8, 4) is 17.0 Å². The van der Waals surface area contributed by atoms with Gasteiger partial charge in [-0.1, -0.05) is 35.6 Å². The third kappa shape index (κ3) is 4.65. The maximum absolute atomic E-state index is 12.4. The molecule has 0 atom stereocenters. The monoisotopic (exact) mass is 433 g/mol. The maximum Gasteiger partial charge on any atom is 0.573 e. The molecule has 4 rings (SSSR count). The van der Waals surface area contributed by atoms with Crippen molar-refractivity contribution < 1.29 is 17.9 Å². The largest absolute Gasteiger partial charge is 0.573 e. The molecule has 2 heterocycles. The summed E-state index contributed by atoms with van der Waals surface area (Å²) in [6.07, 6.45) is -3.06. The Morgan fingerprint density at radius 3 is 2.57 bits per heavy atom. The molecule has 6 nitrogen and oxygen atoms in total. The lowest BCUT2D eigenvalue weighted by atomic mass is 10.1. The van der Waals surface area contributed by atoms with Crippen molar-refractivity contribution in [3.63, 3.8) is 0 Å². The van der Waals surface area contributed by atoms with Gasteiger partial charge in [-0.2, -0.15) is 0 Å². The molecule has 156 valence electrons. The minimum absolute atomic E-state index is 0.285. The lowest BCUT2D eigenvalue weighted by molar-refractivity contribution is -0.274. The van der Waals surface area contributed by atoms with Crippen molar-refractivity contribution in [2.75, 3.05) is 24.3 Å². The summed E-state index contributed by atoms with van der Waals surface area (Å²) in [5.74, 6) is -0.285. The van der Waals surface area contributed by atoms with E-state index in [1.165, 1.54) is 29.5 Å². The summed E-state index contributed by atoms with van der Waals surface area (Å²) in [5.41, 5.74) is 3.29. The predicted molar refractivity (Wildman–Crippen MR) is 111 cm³/mol. The number of rotatable bonds is 6. The summed E-state index contributed by atoms with van der Waals surface area (Å²) in [6, 6.07) is 13.9. The van der Waals surface area contributed by atoms with E-state index in [1.807, 2.05) is 19.0 Å². The number of nitrogens with one attached hydrogen (secondary N) is 1. The first-order valence-corrected chi connectivity index (χ1v) is 9.81. The molecule has 0 saturated heterocycles. The minimum atomic E-state index is -4.73. The van der Waals surface area contributed by atoms with Crippen LogP contribution in [-0.4, -0.2) is 35.1 Å². The van der Waals surface area contributed by atoms with E-state index in [9.17, 15) is 13.2 Å². The van der Waals surface area contributed by atoms with Crippen LogP contribution >= 0.6 is 11.3 Å². The maximum atomic E-state index is 12.4. The molecule has 1 N–H and O–H groups in total. The number of benzene rings is 2. The van der Waals surface area contributed by atoms with Crippen molar-refractivity contribution in [2.24, 2.45) is 0 Å². The van der Waals surface area contributed by atoms with Crippen LogP contribution in [0.4, 0.5) is 24.0 Å². The van der Waals surface area contributed by atoms with Gasteiger partial charge in [0.2, 0.25) is 10.1 Å². The summed E-state index contributed by atoms with van der Waals surface area (Å²) in [7, 11) is 3.99. The van der Waals surface area contributed by atoms with Crippen LogP contribution in [0.25, 0.3) is 16.2 Å². The lowest BCUT2D eigenvalue weighted by Crippen LogP contribution is -2.17. The van der Waals surface area contributed by atoms with Gasteiger partial charge in [-0.15, -0.1) is 18.3 Å². The van der Waals surface area contributed by atoms with Gasteiger partial charge in [-0.05, 0) is 29.8 Å². The normalized spacial score (nSPS) is 11.6. The molecule has 0 radical (unpaired) electrons. The van der Waals surface area contributed by atoms with E-state index in [0.29, 0.717) is 27.9 Å².